The summed E-state index contributed by atoms with van der Waals surface area (Å²) in [6, 6.07) is 5.60. The van der Waals surface area contributed by atoms with Crippen molar-refractivity contribution in [2.24, 2.45) is 11.8 Å². The minimum Gasteiger partial charge on any atom is -0.431 e. The van der Waals surface area contributed by atoms with Crippen molar-refractivity contribution in [3.63, 3.8) is 0 Å². The van der Waals surface area contributed by atoms with Crippen LogP contribution >= 0.6 is 23.4 Å². The standard InChI is InChI=1S/C17H21ClN2O2S/c1-10-4-3-5-13(11(10)2)19-16(21)9-23-17-20-14-8-12(18)6-7-15(14)22-17/h6-8,10-11,13H,3-5,9H2,1-2H3,(H,19,21)/t10-,11+,13+/m1/s1. The van der Waals surface area contributed by atoms with Crippen molar-refractivity contribution >= 4 is 40.4 Å². The number of amides is 1. The first-order valence-corrected chi connectivity index (χ1v) is 9.37. The lowest BCUT2D eigenvalue weighted by Crippen LogP contribution is -2.44. The Morgan fingerprint density at radius 2 is 2.26 bits per heavy atom. The molecular weight excluding hydrogens is 332 g/mol. The van der Waals surface area contributed by atoms with Gasteiger partial charge in [-0.2, -0.15) is 0 Å². The molecule has 1 heterocycles. The summed E-state index contributed by atoms with van der Waals surface area (Å²) in [4.78, 5) is 16.5. The summed E-state index contributed by atoms with van der Waals surface area (Å²) in [7, 11) is 0. The van der Waals surface area contributed by atoms with Gasteiger partial charge in [0.25, 0.3) is 5.22 Å². The van der Waals surface area contributed by atoms with Crippen molar-refractivity contribution < 1.29 is 9.21 Å². The highest BCUT2D eigenvalue weighted by Gasteiger charge is 2.28. The fraction of sp³-hybridized carbons (Fsp3) is 0.529. The molecular formula is C17H21ClN2O2S. The quantitative estimate of drug-likeness (QED) is 0.822. The first-order chi connectivity index (χ1) is 11.0. The highest BCUT2D eigenvalue weighted by atomic mass is 35.5. The molecule has 4 nitrogen and oxygen atoms in total. The molecule has 3 rings (SSSR count). The lowest BCUT2D eigenvalue weighted by molar-refractivity contribution is -0.120. The Balaban J connectivity index is 1.55. The lowest BCUT2D eigenvalue weighted by atomic mass is 9.78. The molecule has 0 bridgehead atoms. The Morgan fingerprint density at radius 1 is 1.43 bits per heavy atom. The fourth-order valence-electron chi connectivity index (χ4n) is 3.10. The third kappa shape index (κ3) is 4.01. The molecule has 0 unspecified atom stereocenters. The van der Waals surface area contributed by atoms with Gasteiger partial charge in [0.2, 0.25) is 5.91 Å². The zero-order chi connectivity index (χ0) is 16.4. The predicted molar refractivity (Wildman–Crippen MR) is 93.9 cm³/mol. The van der Waals surface area contributed by atoms with Gasteiger partial charge < -0.3 is 9.73 Å². The van der Waals surface area contributed by atoms with Gasteiger partial charge in [0.15, 0.2) is 5.58 Å². The van der Waals surface area contributed by atoms with Crippen molar-refractivity contribution in [2.45, 2.75) is 44.4 Å². The molecule has 23 heavy (non-hydrogen) atoms. The van der Waals surface area contributed by atoms with Crippen LogP contribution in [0.4, 0.5) is 0 Å². The molecule has 1 N–H and O–H groups in total. The molecule has 3 atom stereocenters. The van der Waals surface area contributed by atoms with E-state index >= 15 is 0 Å². The first-order valence-electron chi connectivity index (χ1n) is 8.01. The van der Waals surface area contributed by atoms with Crippen LogP contribution < -0.4 is 5.32 Å². The number of hydrogen-bond donors (Lipinski definition) is 1. The van der Waals surface area contributed by atoms with Crippen LogP contribution in [0.15, 0.2) is 27.8 Å². The van der Waals surface area contributed by atoms with E-state index in [1.54, 1.807) is 18.2 Å². The Hall–Kier alpha value is -1.20. The lowest BCUT2D eigenvalue weighted by Gasteiger charge is -2.34. The van der Waals surface area contributed by atoms with Crippen LogP contribution in [-0.4, -0.2) is 22.7 Å². The van der Waals surface area contributed by atoms with E-state index in [4.69, 9.17) is 16.0 Å². The summed E-state index contributed by atoms with van der Waals surface area (Å²) < 4.78 is 5.61. The number of oxazole rings is 1. The number of nitrogens with one attached hydrogen (secondary N) is 1. The van der Waals surface area contributed by atoms with Crippen LogP contribution in [0.5, 0.6) is 0 Å². The summed E-state index contributed by atoms with van der Waals surface area (Å²) in [6.07, 6.45) is 3.52. The van der Waals surface area contributed by atoms with Gasteiger partial charge in [-0.25, -0.2) is 4.98 Å². The van der Waals surface area contributed by atoms with Crippen LogP contribution in [0.2, 0.25) is 5.02 Å². The van der Waals surface area contributed by atoms with E-state index in [9.17, 15) is 4.79 Å². The van der Waals surface area contributed by atoms with Crippen molar-refractivity contribution in [3.8, 4) is 0 Å². The zero-order valence-electron chi connectivity index (χ0n) is 13.3. The number of aromatic nitrogens is 1. The number of halogens is 1. The fourth-order valence-corrected chi connectivity index (χ4v) is 3.92. The highest BCUT2D eigenvalue weighted by Crippen LogP contribution is 2.30. The third-order valence-electron chi connectivity index (χ3n) is 4.71. The van der Waals surface area contributed by atoms with E-state index in [1.165, 1.54) is 24.6 Å². The largest absolute Gasteiger partial charge is 0.431 e. The van der Waals surface area contributed by atoms with E-state index < -0.39 is 0 Å². The van der Waals surface area contributed by atoms with E-state index in [1.807, 2.05) is 0 Å². The second-order valence-corrected chi connectivity index (χ2v) is 7.68. The molecule has 1 aromatic carbocycles. The van der Waals surface area contributed by atoms with Gasteiger partial charge in [-0.1, -0.05) is 50.1 Å². The second-order valence-electron chi connectivity index (χ2n) is 6.32. The number of carbonyl (C=O) groups excluding carboxylic acids is 1. The summed E-state index contributed by atoms with van der Waals surface area (Å²) in [5.74, 6) is 1.56. The van der Waals surface area contributed by atoms with Gasteiger partial charge in [-0.3, -0.25) is 4.79 Å². The summed E-state index contributed by atoms with van der Waals surface area (Å²) >= 11 is 7.25. The molecule has 1 amide bonds. The SMILES string of the molecule is C[C@H]1[C@H](C)CCC[C@@H]1NC(=O)CSc1nc2cc(Cl)ccc2o1. The van der Waals surface area contributed by atoms with Crippen LogP contribution in [0.25, 0.3) is 11.1 Å². The molecule has 0 saturated heterocycles. The topological polar surface area (TPSA) is 55.1 Å². The molecule has 1 saturated carbocycles. The normalized spacial score (nSPS) is 24.7. The van der Waals surface area contributed by atoms with Crippen LogP contribution in [0.3, 0.4) is 0 Å². The third-order valence-corrected chi connectivity index (χ3v) is 5.77. The number of rotatable bonds is 4. The Labute approximate surface area is 145 Å². The van der Waals surface area contributed by atoms with Gasteiger partial charge in [0.05, 0.1) is 5.75 Å². The maximum Gasteiger partial charge on any atom is 0.257 e. The number of carbonyl (C=O) groups is 1. The molecule has 0 aliphatic heterocycles. The summed E-state index contributed by atoms with van der Waals surface area (Å²) in [6.45, 7) is 4.49. The van der Waals surface area contributed by atoms with Crippen molar-refractivity contribution in [2.75, 3.05) is 5.75 Å². The Morgan fingerprint density at radius 3 is 3.09 bits per heavy atom. The number of hydrogen-bond acceptors (Lipinski definition) is 4. The van der Waals surface area contributed by atoms with E-state index in [2.05, 4.69) is 24.1 Å². The molecule has 1 aromatic heterocycles. The highest BCUT2D eigenvalue weighted by molar-refractivity contribution is 7.99. The van der Waals surface area contributed by atoms with E-state index in [0.29, 0.717) is 33.4 Å². The predicted octanol–water partition coefficient (Wildman–Crippen LogP) is 4.51. The van der Waals surface area contributed by atoms with Crippen molar-refractivity contribution in [3.05, 3.63) is 23.2 Å². The molecule has 124 valence electrons. The Bertz CT molecular complexity index is 703. The second kappa shape index (κ2) is 7.14. The first kappa shape index (κ1) is 16.7. The summed E-state index contributed by atoms with van der Waals surface area (Å²) in [5, 5.41) is 4.29. The van der Waals surface area contributed by atoms with Gasteiger partial charge in [0.1, 0.15) is 5.52 Å². The maximum absolute atomic E-state index is 12.2. The van der Waals surface area contributed by atoms with Crippen LogP contribution in [0, 0.1) is 11.8 Å². The van der Waals surface area contributed by atoms with Crippen molar-refractivity contribution in [1.29, 1.82) is 0 Å². The smallest absolute Gasteiger partial charge is 0.257 e. The number of fused-ring (bicyclic) bond motifs is 1. The van der Waals surface area contributed by atoms with Gasteiger partial charge in [-0.05, 0) is 36.5 Å². The van der Waals surface area contributed by atoms with E-state index in [-0.39, 0.29) is 11.9 Å². The maximum atomic E-state index is 12.2. The van der Waals surface area contributed by atoms with Crippen molar-refractivity contribution in [1.82, 2.24) is 10.3 Å². The molecule has 1 fully saturated rings. The van der Waals surface area contributed by atoms with Crippen LogP contribution in [0.1, 0.15) is 33.1 Å². The molecule has 1 aliphatic carbocycles. The van der Waals surface area contributed by atoms with Gasteiger partial charge >= 0.3 is 0 Å². The molecule has 2 aromatic rings. The average molecular weight is 353 g/mol. The number of nitrogens with zero attached hydrogens (tertiary/aromatic N) is 1. The minimum absolute atomic E-state index is 0.0428. The molecule has 0 radical (unpaired) electrons. The monoisotopic (exact) mass is 352 g/mol. The molecule has 1 aliphatic rings. The minimum atomic E-state index is 0.0428. The summed E-state index contributed by atoms with van der Waals surface area (Å²) in [5.41, 5.74) is 1.40. The molecule has 0 spiro atoms. The molecule has 6 heteroatoms. The zero-order valence-corrected chi connectivity index (χ0v) is 14.9. The van der Waals surface area contributed by atoms with Gasteiger partial charge in [0, 0.05) is 11.1 Å². The number of benzene rings is 1. The van der Waals surface area contributed by atoms with Crippen LogP contribution in [-0.2, 0) is 4.79 Å². The van der Waals surface area contributed by atoms with E-state index in [0.717, 1.165) is 11.9 Å². The van der Waals surface area contributed by atoms with Gasteiger partial charge in [-0.15, -0.1) is 0 Å². The number of thioether (sulfide) groups is 1. The Kier molecular flexibility index (Phi) is 5.17. The average Bonchev–Trinajstić information content (AvgIpc) is 2.92.